The van der Waals surface area contributed by atoms with Crippen molar-refractivity contribution in [3.05, 3.63) is 59.1 Å². The normalized spacial score (nSPS) is 15.9. The second-order valence-electron chi connectivity index (χ2n) is 7.56. The highest BCUT2D eigenvalue weighted by molar-refractivity contribution is 6.04. The molecule has 2 heterocycles. The van der Waals surface area contributed by atoms with Gasteiger partial charge in [0.2, 0.25) is 11.8 Å². The third-order valence-electron chi connectivity index (χ3n) is 5.51. The molecule has 0 radical (unpaired) electrons. The van der Waals surface area contributed by atoms with Crippen molar-refractivity contribution >= 4 is 34.1 Å². The molecule has 32 heavy (non-hydrogen) atoms. The van der Waals surface area contributed by atoms with E-state index in [9.17, 15) is 14.4 Å². The summed E-state index contributed by atoms with van der Waals surface area (Å²) < 4.78 is 11.6. The van der Waals surface area contributed by atoms with Crippen molar-refractivity contribution in [1.29, 1.82) is 0 Å². The van der Waals surface area contributed by atoms with Gasteiger partial charge in [0.05, 0.1) is 43.4 Å². The number of hydrogen-bond acceptors (Lipinski definition) is 6. The Balaban J connectivity index is 1.49. The number of aromatic nitrogens is 2. The number of ether oxygens (including phenoxy) is 2. The number of carbonyl (C=O) groups excluding carboxylic acids is 2. The van der Waals surface area contributed by atoms with Crippen molar-refractivity contribution in [2.75, 3.05) is 37.6 Å². The summed E-state index contributed by atoms with van der Waals surface area (Å²) in [6.45, 7) is 1.07. The van der Waals surface area contributed by atoms with Crippen LogP contribution in [0.25, 0.3) is 10.9 Å². The highest BCUT2D eigenvalue weighted by Gasteiger charge is 2.35. The maximum atomic E-state index is 12.8. The van der Waals surface area contributed by atoms with Crippen LogP contribution < -0.4 is 20.5 Å². The zero-order valence-corrected chi connectivity index (χ0v) is 17.9. The molecule has 9 nitrogen and oxygen atoms in total. The van der Waals surface area contributed by atoms with Gasteiger partial charge < -0.3 is 19.7 Å². The molecule has 9 heteroatoms. The minimum absolute atomic E-state index is 0.112. The molecule has 0 aliphatic carbocycles. The van der Waals surface area contributed by atoms with E-state index in [1.54, 1.807) is 61.6 Å². The fraction of sp³-hybridized carbons (Fsp3) is 0.304. The van der Waals surface area contributed by atoms with Gasteiger partial charge in [0.15, 0.2) is 0 Å². The minimum atomic E-state index is -0.493. The first-order valence-electron chi connectivity index (χ1n) is 10.2. The van der Waals surface area contributed by atoms with Crippen molar-refractivity contribution in [2.45, 2.75) is 13.0 Å². The minimum Gasteiger partial charge on any atom is -0.497 e. The monoisotopic (exact) mass is 436 g/mol. The van der Waals surface area contributed by atoms with Crippen LogP contribution in [0.2, 0.25) is 0 Å². The van der Waals surface area contributed by atoms with Gasteiger partial charge in [0.1, 0.15) is 5.75 Å². The summed E-state index contributed by atoms with van der Waals surface area (Å²) in [6.07, 6.45) is 1.61. The molecule has 1 unspecified atom stereocenters. The van der Waals surface area contributed by atoms with Crippen LogP contribution >= 0.6 is 0 Å². The van der Waals surface area contributed by atoms with E-state index in [-0.39, 0.29) is 30.3 Å². The van der Waals surface area contributed by atoms with Crippen LogP contribution in [0.4, 0.5) is 11.4 Å². The first-order chi connectivity index (χ1) is 15.5. The lowest BCUT2D eigenvalue weighted by atomic mass is 10.1. The predicted octanol–water partition coefficient (Wildman–Crippen LogP) is 2.04. The molecule has 1 N–H and O–H groups in total. The third kappa shape index (κ3) is 4.33. The molecule has 4 rings (SSSR count). The number of amides is 2. The second-order valence-corrected chi connectivity index (χ2v) is 7.56. The average molecular weight is 436 g/mol. The average Bonchev–Trinajstić information content (AvgIpc) is 3.21. The fourth-order valence-electron chi connectivity index (χ4n) is 3.72. The summed E-state index contributed by atoms with van der Waals surface area (Å²) in [4.78, 5) is 43.9. The Morgan fingerprint density at radius 2 is 1.94 bits per heavy atom. The number of carbonyl (C=O) groups is 2. The van der Waals surface area contributed by atoms with E-state index in [1.165, 1.54) is 10.9 Å². The first kappa shape index (κ1) is 21.5. The van der Waals surface area contributed by atoms with Gasteiger partial charge in [-0.3, -0.25) is 19.0 Å². The van der Waals surface area contributed by atoms with Gasteiger partial charge in [-0.1, -0.05) is 0 Å². The van der Waals surface area contributed by atoms with Crippen LogP contribution in [0.15, 0.2) is 53.6 Å². The summed E-state index contributed by atoms with van der Waals surface area (Å²) in [5, 5.41) is 3.24. The van der Waals surface area contributed by atoms with E-state index in [4.69, 9.17) is 9.47 Å². The molecule has 1 aliphatic rings. The van der Waals surface area contributed by atoms with Crippen molar-refractivity contribution in [1.82, 2.24) is 9.55 Å². The quantitative estimate of drug-likeness (QED) is 0.608. The summed E-state index contributed by atoms with van der Waals surface area (Å²) >= 11 is 0. The van der Waals surface area contributed by atoms with Crippen molar-refractivity contribution in [2.24, 2.45) is 5.92 Å². The molecule has 1 atom stereocenters. The summed E-state index contributed by atoms with van der Waals surface area (Å²) in [7, 11) is 3.14. The molecule has 1 aromatic heterocycles. The van der Waals surface area contributed by atoms with Crippen molar-refractivity contribution in [3.8, 4) is 5.75 Å². The highest BCUT2D eigenvalue weighted by Crippen LogP contribution is 2.27. The molecule has 3 aromatic rings. The topological polar surface area (TPSA) is 103 Å². The maximum Gasteiger partial charge on any atom is 0.261 e. The number of fused-ring (bicyclic) bond motifs is 1. The zero-order chi connectivity index (χ0) is 22.7. The fourth-order valence-corrected chi connectivity index (χ4v) is 3.72. The number of nitrogens with one attached hydrogen (secondary N) is 1. The SMILES string of the molecule is COCCn1cnc2ccc(NC(=O)C3CC(=O)N(c4ccc(OC)cc4)C3)cc2c1=O. The highest BCUT2D eigenvalue weighted by atomic mass is 16.5. The van der Waals surface area contributed by atoms with Crippen LogP contribution in [-0.2, 0) is 20.9 Å². The van der Waals surface area contributed by atoms with Gasteiger partial charge in [0, 0.05) is 31.5 Å². The lowest BCUT2D eigenvalue weighted by Crippen LogP contribution is -2.28. The molecule has 1 aliphatic heterocycles. The Kier molecular flexibility index (Phi) is 6.18. The molecule has 0 saturated carbocycles. The molecule has 0 bridgehead atoms. The number of rotatable bonds is 7. The number of hydrogen-bond donors (Lipinski definition) is 1. The molecule has 0 spiro atoms. The predicted molar refractivity (Wildman–Crippen MR) is 120 cm³/mol. The summed E-state index contributed by atoms with van der Waals surface area (Å²) in [5.74, 6) is -0.175. The molecule has 2 amide bonds. The van der Waals surface area contributed by atoms with E-state index in [0.717, 1.165) is 5.69 Å². The lowest BCUT2D eigenvalue weighted by Gasteiger charge is -2.17. The van der Waals surface area contributed by atoms with Gasteiger partial charge in [-0.2, -0.15) is 0 Å². The van der Waals surface area contributed by atoms with Gasteiger partial charge in [-0.25, -0.2) is 4.98 Å². The van der Waals surface area contributed by atoms with Crippen molar-refractivity contribution < 1.29 is 19.1 Å². The Morgan fingerprint density at radius 3 is 2.66 bits per heavy atom. The lowest BCUT2D eigenvalue weighted by molar-refractivity contribution is -0.122. The molecular weight excluding hydrogens is 412 g/mol. The van der Waals surface area contributed by atoms with E-state index in [2.05, 4.69) is 10.3 Å². The Morgan fingerprint density at radius 1 is 1.16 bits per heavy atom. The number of benzene rings is 2. The van der Waals surface area contributed by atoms with Crippen molar-refractivity contribution in [3.63, 3.8) is 0 Å². The Hall–Kier alpha value is -3.72. The summed E-state index contributed by atoms with van der Waals surface area (Å²) in [5.41, 5.74) is 1.55. The number of methoxy groups -OCH3 is 2. The van der Waals surface area contributed by atoms with E-state index in [0.29, 0.717) is 35.5 Å². The maximum absolute atomic E-state index is 12.8. The van der Waals surface area contributed by atoms with Gasteiger partial charge in [-0.05, 0) is 42.5 Å². The zero-order valence-electron chi connectivity index (χ0n) is 17.9. The van der Waals surface area contributed by atoms with Gasteiger partial charge in [-0.15, -0.1) is 0 Å². The van der Waals surface area contributed by atoms with E-state index < -0.39 is 5.92 Å². The van der Waals surface area contributed by atoms with Crippen LogP contribution in [-0.4, -0.2) is 48.7 Å². The first-order valence-corrected chi connectivity index (χ1v) is 10.2. The van der Waals surface area contributed by atoms with Crippen LogP contribution in [0, 0.1) is 5.92 Å². The number of nitrogens with zero attached hydrogens (tertiary/aromatic N) is 3. The van der Waals surface area contributed by atoms with E-state index >= 15 is 0 Å². The second kappa shape index (κ2) is 9.19. The van der Waals surface area contributed by atoms with Crippen LogP contribution in [0.5, 0.6) is 5.75 Å². The molecule has 1 fully saturated rings. The van der Waals surface area contributed by atoms with Crippen LogP contribution in [0.3, 0.4) is 0 Å². The molecular formula is C23H24N4O5. The molecule has 2 aromatic carbocycles. The standard InChI is InChI=1S/C23H24N4O5/c1-31-10-9-26-14-24-20-8-3-16(12-19(20)23(26)30)25-22(29)15-11-21(28)27(13-15)17-4-6-18(32-2)7-5-17/h3-8,12,14-15H,9-11,13H2,1-2H3,(H,25,29). The number of anilines is 2. The third-order valence-corrected chi connectivity index (χ3v) is 5.51. The van der Waals surface area contributed by atoms with Gasteiger partial charge >= 0.3 is 0 Å². The summed E-state index contributed by atoms with van der Waals surface area (Å²) in [6, 6.07) is 12.1. The molecule has 166 valence electrons. The Labute approximate surface area is 184 Å². The smallest absolute Gasteiger partial charge is 0.261 e. The van der Waals surface area contributed by atoms with E-state index in [1.807, 2.05) is 0 Å². The largest absolute Gasteiger partial charge is 0.497 e. The molecule has 1 saturated heterocycles. The van der Waals surface area contributed by atoms with Gasteiger partial charge in [0.25, 0.3) is 5.56 Å². The van der Waals surface area contributed by atoms with Crippen LogP contribution in [0.1, 0.15) is 6.42 Å². The Bertz CT molecular complexity index is 1210.